The predicted octanol–water partition coefficient (Wildman–Crippen LogP) is 4.14. The number of ketones is 1. The quantitative estimate of drug-likeness (QED) is 0.536. The van der Waals surface area contributed by atoms with Crippen molar-refractivity contribution in [3.63, 3.8) is 0 Å². The van der Waals surface area contributed by atoms with Crippen LogP contribution in [-0.2, 0) is 11.0 Å². The third-order valence-electron chi connectivity index (χ3n) is 3.10. The predicted molar refractivity (Wildman–Crippen MR) is 92.9 cm³/mol. The molecule has 0 saturated carbocycles. The van der Waals surface area contributed by atoms with E-state index in [1.54, 1.807) is 6.07 Å². The van der Waals surface area contributed by atoms with Gasteiger partial charge in [0.25, 0.3) is 0 Å². The number of hydrogen-bond donors (Lipinski definition) is 2. The molecule has 0 fully saturated rings. The van der Waals surface area contributed by atoms with Crippen LogP contribution < -0.4 is 5.32 Å². The Bertz CT molecular complexity index is 859. The summed E-state index contributed by atoms with van der Waals surface area (Å²) in [6, 6.07) is 6.75. The Morgan fingerprint density at radius 3 is 2.73 bits per heavy atom. The van der Waals surface area contributed by atoms with Gasteiger partial charge in [0.2, 0.25) is 5.13 Å². The number of aromatic nitrogens is 2. The zero-order valence-electron chi connectivity index (χ0n) is 13.3. The van der Waals surface area contributed by atoms with E-state index in [1.165, 1.54) is 25.1 Å². The summed E-state index contributed by atoms with van der Waals surface area (Å²) in [4.78, 5) is 11.9. The van der Waals surface area contributed by atoms with Gasteiger partial charge in [-0.05, 0) is 19.1 Å². The lowest BCUT2D eigenvalue weighted by molar-refractivity contribution is -0.136. The van der Waals surface area contributed by atoms with Crippen LogP contribution in [0.25, 0.3) is 0 Å². The van der Waals surface area contributed by atoms with Gasteiger partial charge in [-0.3, -0.25) is 4.79 Å². The lowest BCUT2D eigenvalue weighted by Crippen LogP contribution is -2.21. The van der Waals surface area contributed by atoms with Crippen LogP contribution >= 0.6 is 23.1 Å². The Morgan fingerprint density at radius 2 is 2.12 bits per heavy atom. The van der Waals surface area contributed by atoms with Crippen LogP contribution in [0, 0.1) is 22.7 Å². The third-order valence-corrected chi connectivity index (χ3v) is 5.10. The minimum atomic E-state index is -4.50. The molecule has 2 aromatic rings. The van der Waals surface area contributed by atoms with Crippen molar-refractivity contribution >= 4 is 45.4 Å². The van der Waals surface area contributed by atoms with Gasteiger partial charge >= 0.3 is 6.18 Å². The zero-order valence-corrected chi connectivity index (χ0v) is 14.9. The summed E-state index contributed by atoms with van der Waals surface area (Å²) in [6.45, 7) is 1.38. The minimum absolute atomic E-state index is 0.0403. The van der Waals surface area contributed by atoms with Crippen LogP contribution in [0.1, 0.15) is 12.5 Å². The molecule has 0 aliphatic heterocycles. The first kappa shape index (κ1) is 19.9. The van der Waals surface area contributed by atoms with Crippen molar-refractivity contribution < 1.29 is 18.0 Å². The van der Waals surface area contributed by atoms with Crippen molar-refractivity contribution in [1.29, 1.82) is 10.7 Å². The average Bonchev–Trinajstić information content (AvgIpc) is 3.00. The Kier molecular flexibility index (Phi) is 6.33. The van der Waals surface area contributed by atoms with Crippen molar-refractivity contribution in [1.82, 2.24) is 10.2 Å². The third kappa shape index (κ3) is 5.03. The Balaban J connectivity index is 2.05. The standard InChI is InChI=1S/C15H12F3N5OS2/c1-8(20)9(6-19)12(24)7-25-14-23-22-13(26-14)21-11-5-3-2-4-10(11)15(16,17)18/h2-5,9,20H,7H2,1H3,(H,21,22). The summed E-state index contributed by atoms with van der Waals surface area (Å²) in [7, 11) is 0. The van der Waals surface area contributed by atoms with E-state index in [-0.39, 0.29) is 22.3 Å². The summed E-state index contributed by atoms with van der Waals surface area (Å²) in [6.07, 6.45) is -4.50. The molecule has 2 N–H and O–H groups in total. The van der Waals surface area contributed by atoms with Gasteiger partial charge in [-0.2, -0.15) is 18.4 Å². The van der Waals surface area contributed by atoms with Gasteiger partial charge in [0, 0.05) is 5.71 Å². The Hall–Kier alpha value is -2.45. The van der Waals surface area contributed by atoms with E-state index in [0.29, 0.717) is 4.34 Å². The second-order valence-electron chi connectivity index (χ2n) is 5.04. The number of benzene rings is 1. The first-order chi connectivity index (χ1) is 12.2. The fourth-order valence-corrected chi connectivity index (χ4v) is 3.57. The summed E-state index contributed by atoms with van der Waals surface area (Å²) in [5, 5.41) is 26.6. The normalized spacial score (nSPS) is 12.3. The summed E-state index contributed by atoms with van der Waals surface area (Å²) >= 11 is 2.01. The number of carbonyl (C=O) groups excluding carboxylic acids is 1. The van der Waals surface area contributed by atoms with E-state index in [1.807, 2.05) is 0 Å². The molecule has 0 bridgehead atoms. The van der Waals surface area contributed by atoms with Gasteiger partial charge in [-0.15, -0.1) is 10.2 Å². The smallest absolute Gasteiger partial charge is 0.330 e. The lowest BCUT2D eigenvalue weighted by atomic mass is 10.0. The molecule has 6 nitrogen and oxygen atoms in total. The van der Waals surface area contributed by atoms with Crippen LogP contribution in [-0.4, -0.2) is 27.4 Å². The number of thioether (sulfide) groups is 1. The number of rotatable bonds is 7. The molecular formula is C15H12F3N5OS2. The van der Waals surface area contributed by atoms with Crippen LogP contribution in [0.4, 0.5) is 24.0 Å². The van der Waals surface area contributed by atoms with Gasteiger partial charge in [0.15, 0.2) is 10.1 Å². The average molecular weight is 399 g/mol. The molecule has 1 aromatic heterocycles. The second kappa shape index (κ2) is 8.29. The molecule has 2 rings (SSSR count). The summed E-state index contributed by atoms with van der Waals surface area (Å²) < 4.78 is 39.3. The molecule has 1 heterocycles. The number of nitriles is 1. The van der Waals surface area contributed by atoms with E-state index in [2.05, 4.69) is 15.5 Å². The molecule has 1 atom stereocenters. The zero-order chi connectivity index (χ0) is 19.3. The monoisotopic (exact) mass is 399 g/mol. The van der Waals surface area contributed by atoms with Gasteiger partial charge < -0.3 is 10.7 Å². The lowest BCUT2D eigenvalue weighted by Gasteiger charge is -2.12. The number of halogens is 3. The molecule has 11 heteroatoms. The van der Waals surface area contributed by atoms with Crippen molar-refractivity contribution in [2.45, 2.75) is 17.4 Å². The Labute approximate surface area is 155 Å². The van der Waals surface area contributed by atoms with E-state index in [4.69, 9.17) is 10.7 Å². The molecule has 0 aliphatic carbocycles. The van der Waals surface area contributed by atoms with Gasteiger partial charge in [-0.1, -0.05) is 35.2 Å². The molecule has 0 spiro atoms. The summed E-state index contributed by atoms with van der Waals surface area (Å²) in [5.74, 6) is -1.62. The molecule has 1 unspecified atom stereocenters. The first-order valence-electron chi connectivity index (χ1n) is 7.09. The van der Waals surface area contributed by atoms with Crippen LogP contribution in [0.3, 0.4) is 0 Å². The number of alkyl halides is 3. The fourth-order valence-electron chi connectivity index (χ4n) is 1.90. The van der Waals surface area contributed by atoms with Gasteiger partial charge in [-0.25, -0.2) is 0 Å². The molecule has 0 saturated heterocycles. The van der Waals surface area contributed by atoms with Crippen molar-refractivity contribution in [3.8, 4) is 6.07 Å². The number of para-hydroxylation sites is 1. The van der Waals surface area contributed by atoms with Crippen molar-refractivity contribution in [2.75, 3.05) is 11.1 Å². The maximum Gasteiger partial charge on any atom is 0.418 e. The van der Waals surface area contributed by atoms with Gasteiger partial charge in [0.05, 0.1) is 23.1 Å². The number of anilines is 2. The molecular weight excluding hydrogens is 387 g/mol. The largest absolute Gasteiger partial charge is 0.418 e. The Morgan fingerprint density at radius 1 is 1.42 bits per heavy atom. The highest BCUT2D eigenvalue weighted by molar-refractivity contribution is 8.01. The SMILES string of the molecule is CC(=N)C(C#N)C(=O)CSc1nnc(Nc2ccccc2C(F)(F)F)s1. The number of nitrogens with zero attached hydrogens (tertiary/aromatic N) is 3. The highest BCUT2D eigenvalue weighted by Crippen LogP contribution is 2.37. The molecule has 0 radical (unpaired) electrons. The van der Waals surface area contributed by atoms with Crippen LogP contribution in [0.2, 0.25) is 0 Å². The van der Waals surface area contributed by atoms with E-state index in [9.17, 15) is 18.0 Å². The van der Waals surface area contributed by atoms with Crippen molar-refractivity contribution in [3.05, 3.63) is 29.8 Å². The molecule has 1 aromatic carbocycles. The van der Waals surface area contributed by atoms with Crippen LogP contribution in [0.15, 0.2) is 28.6 Å². The van der Waals surface area contributed by atoms with Crippen LogP contribution in [0.5, 0.6) is 0 Å². The maximum absolute atomic E-state index is 13.0. The highest BCUT2D eigenvalue weighted by atomic mass is 32.2. The minimum Gasteiger partial charge on any atom is -0.330 e. The number of Topliss-reactive ketones (excluding diaryl/α,β-unsaturated/α-hetero) is 1. The van der Waals surface area contributed by atoms with E-state index >= 15 is 0 Å². The second-order valence-corrected chi connectivity index (χ2v) is 7.24. The van der Waals surface area contributed by atoms with E-state index < -0.39 is 23.4 Å². The first-order valence-corrected chi connectivity index (χ1v) is 8.89. The number of nitrogens with one attached hydrogen (secondary N) is 2. The topological polar surface area (TPSA) is 103 Å². The number of carbonyl (C=O) groups is 1. The highest BCUT2D eigenvalue weighted by Gasteiger charge is 2.33. The summed E-state index contributed by atoms with van der Waals surface area (Å²) in [5.41, 5.74) is -1.01. The van der Waals surface area contributed by atoms with Gasteiger partial charge in [0.1, 0.15) is 5.92 Å². The molecule has 26 heavy (non-hydrogen) atoms. The fraction of sp³-hybridized carbons (Fsp3) is 0.267. The molecule has 136 valence electrons. The van der Waals surface area contributed by atoms with Crippen molar-refractivity contribution in [2.24, 2.45) is 5.92 Å². The molecule has 0 amide bonds. The molecule has 0 aliphatic rings. The maximum atomic E-state index is 13.0. The van der Waals surface area contributed by atoms with E-state index in [0.717, 1.165) is 29.2 Å². The number of hydrogen-bond acceptors (Lipinski definition) is 8.